The van der Waals surface area contributed by atoms with Gasteiger partial charge in [-0.25, -0.2) is 13.2 Å². The Morgan fingerprint density at radius 3 is 2.49 bits per heavy atom. The minimum absolute atomic E-state index is 0.0430. The molecule has 2 heterocycles. The first-order chi connectivity index (χ1) is 18.7. The van der Waals surface area contributed by atoms with Crippen LogP contribution in [0.2, 0.25) is 0 Å². The highest BCUT2D eigenvalue weighted by molar-refractivity contribution is 5.85. The Morgan fingerprint density at radius 2 is 1.87 bits per heavy atom. The number of ether oxygens (including phenoxy) is 2. The number of carboxylic acids is 1. The van der Waals surface area contributed by atoms with Gasteiger partial charge in [-0.05, 0) is 68.1 Å². The first-order valence-corrected chi connectivity index (χ1v) is 12.7. The number of hydrogen-bond acceptors (Lipinski definition) is 7. The molecule has 210 valence electrons. The number of aliphatic carboxylic acids is 1. The summed E-state index contributed by atoms with van der Waals surface area (Å²) in [5, 5.41) is 22.1. The molecule has 11 heteroatoms. The minimum Gasteiger partial charge on any atom is -0.497 e. The van der Waals surface area contributed by atoms with Crippen molar-refractivity contribution in [3.05, 3.63) is 65.1 Å². The first-order valence-electron chi connectivity index (χ1n) is 12.7. The van der Waals surface area contributed by atoms with Crippen LogP contribution in [-0.2, 0) is 11.3 Å². The van der Waals surface area contributed by atoms with Crippen LogP contribution in [0.1, 0.15) is 42.9 Å². The van der Waals surface area contributed by atoms with Crippen LogP contribution < -0.4 is 15.2 Å². The maximum absolute atomic E-state index is 13.8. The molecule has 0 saturated carbocycles. The molecule has 3 aromatic rings. The van der Waals surface area contributed by atoms with Crippen molar-refractivity contribution in [1.29, 1.82) is 0 Å². The largest absolute Gasteiger partial charge is 0.497 e. The number of nitrogens with zero attached hydrogens (tertiary/aromatic N) is 2. The number of piperidine rings is 1. The van der Waals surface area contributed by atoms with Crippen LogP contribution in [0.25, 0.3) is 10.9 Å². The lowest BCUT2D eigenvalue weighted by molar-refractivity contribution is -0.153. The fourth-order valence-corrected chi connectivity index (χ4v) is 5.19. The topological polar surface area (TPSA) is 118 Å². The molecule has 1 saturated heterocycles. The van der Waals surface area contributed by atoms with Gasteiger partial charge in [-0.1, -0.05) is 0 Å². The number of hydrogen-bond donors (Lipinski definition) is 3. The van der Waals surface area contributed by atoms with Gasteiger partial charge in [0.25, 0.3) is 0 Å². The molecule has 0 unspecified atom stereocenters. The number of halogens is 3. The Bertz CT molecular complexity index is 1300. The van der Waals surface area contributed by atoms with E-state index in [1.54, 1.807) is 31.5 Å². The molecule has 0 radical (unpaired) electrons. The van der Waals surface area contributed by atoms with Crippen molar-refractivity contribution in [3.63, 3.8) is 0 Å². The zero-order chi connectivity index (χ0) is 28.2. The number of aromatic nitrogens is 1. The van der Waals surface area contributed by atoms with Gasteiger partial charge < -0.3 is 25.4 Å². The van der Waals surface area contributed by atoms with E-state index in [1.165, 1.54) is 0 Å². The van der Waals surface area contributed by atoms with Gasteiger partial charge in [0.2, 0.25) is 0 Å². The van der Waals surface area contributed by atoms with Crippen molar-refractivity contribution < 1.29 is 37.7 Å². The Kier molecular flexibility index (Phi) is 8.94. The third-order valence-corrected chi connectivity index (χ3v) is 7.53. The molecular weight excluding hydrogens is 515 g/mol. The zero-order valence-corrected chi connectivity index (χ0v) is 21.6. The number of aliphatic hydroxyl groups is 1. The lowest BCUT2D eigenvalue weighted by Gasteiger charge is -2.39. The quantitative estimate of drug-likeness (QED) is 0.327. The number of methoxy groups -OCH3 is 1. The SMILES string of the molecule is COc1ccc2ncc(CN)c([C@@H](O)CCC3(C(=O)O)CCN(CCOc4c(F)cc(F)cc4F)CC3)c2c1. The van der Waals surface area contributed by atoms with Crippen LogP contribution in [0.5, 0.6) is 11.5 Å². The van der Waals surface area contributed by atoms with Crippen molar-refractivity contribution in [2.45, 2.75) is 38.3 Å². The number of likely N-dealkylation sites (tertiary alicyclic amines) is 1. The second-order valence-corrected chi connectivity index (χ2v) is 9.81. The van der Waals surface area contributed by atoms with Crippen molar-refractivity contribution in [2.24, 2.45) is 11.1 Å². The molecule has 8 nitrogen and oxygen atoms in total. The van der Waals surface area contributed by atoms with Crippen LogP contribution in [0.3, 0.4) is 0 Å². The highest BCUT2D eigenvalue weighted by Crippen LogP contribution is 2.40. The summed E-state index contributed by atoms with van der Waals surface area (Å²) >= 11 is 0. The summed E-state index contributed by atoms with van der Waals surface area (Å²) in [4.78, 5) is 18.7. The molecule has 0 aliphatic carbocycles. The van der Waals surface area contributed by atoms with Gasteiger partial charge in [0.15, 0.2) is 17.4 Å². The molecule has 1 atom stereocenters. The van der Waals surface area contributed by atoms with E-state index in [9.17, 15) is 28.2 Å². The van der Waals surface area contributed by atoms with Gasteiger partial charge in [-0.15, -0.1) is 0 Å². The van der Waals surface area contributed by atoms with Crippen LogP contribution >= 0.6 is 0 Å². The van der Waals surface area contributed by atoms with E-state index in [2.05, 4.69) is 4.98 Å². The third kappa shape index (κ3) is 6.26. The minimum atomic E-state index is -1.12. The summed E-state index contributed by atoms with van der Waals surface area (Å²) in [7, 11) is 1.55. The average molecular weight is 548 g/mol. The molecule has 1 aliphatic rings. The van der Waals surface area contributed by atoms with E-state index >= 15 is 0 Å². The number of carbonyl (C=O) groups is 1. The van der Waals surface area contributed by atoms with Crippen molar-refractivity contribution in [3.8, 4) is 11.5 Å². The number of nitrogens with two attached hydrogens (primary N) is 1. The lowest BCUT2D eigenvalue weighted by atomic mass is 9.74. The average Bonchev–Trinajstić information content (AvgIpc) is 2.92. The molecule has 0 spiro atoms. The van der Waals surface area contributed by atoms with E-state index in [0.717, 1.165) is 0 Å². The molecule has 4 rings (SSSR count). The summed E-state index contributed by atoms with van der Waals surface area (Å²) < 4.78 is 51.2. The standard InChI is InChI=1S/C28H32F3N3O5/c1-38-19-2-3-23-20(14-19)25(17(15-32)16-33-23)24(35)4-5-28(27(36)37)6-8-34(9-7-28)10-11-39-26-21(30)12-18(29)13-22(26)31/h2-3,12-14,16,24,35H,4-11,15,32H2,1H3,(H,36,37)/t24-/m0/s1. The maximum Gasteiger partial charge on any atom is 0.309 e. The van der Waals surface area contributed by atoms with Crippen LogP contribution in [-0.4, -0.2) is 59.4 Å². The molecule has 39 heavy (non-hydrogen) atoms. The Balaban J connectivity index is 1.39. The van der Waals surface area contributed by atoms with Gasteiger partial charge >= 0.3 is 5.97 Å². The highest BCUT2D eigenvalue weighted by atomic mass is 19.1. The monoisotopic (exact) mass is 547 g/mol. The Labute approximate surface area is 224 Å². The Hall–Kier alpha value is -3.41. The summed E-state index contributed by atoms with van der Waals surface area (Å²) in [5.41, 5.74) is 6.87. The van der Waals surface area contributed by atoms with E-state index in [4.69, 9.17) is 15.2 Å². The number of carboxylic acid groups (broad SMARTS) is 1. The van der Waals surface area contributed by atoms with Gasteiger partial charge in [-0.3, -0.25) is 14.7 Å². The number of fused-ring (bicyclic) bond motifs is 1. The number of aliphatic hydroxyl groups excluding tert-OH is 1. The van der Waals surface area contributed by atoms with Crippen LogP contribution in [0.15, 0.2) is 36.5 Å². The van der Waals surface area contributed by atoms with Crippen molar-refractivity contribution in [2.75, 3.05) is 33.4 Å². The molecule has 1 aliphatic heterocycles. The van der Waals surface area contributed by atoms with Crippen LogP contribution in [0.4, 0.5) is 13.2 Å². The second kappa shape index (κ2) is 12.2. The first kappa shape index (κ1) is 28.6. The predicted molar refractivity (Wildman–Crippen MR) is 138 cm³/mol. The smallest absolute Gasteiger partial charge is 0.309 e. The van der Waals surface area contributed by atoms with E-state index in [-0.39, 0.29) is 26.0 Å². The molecule has 2 aromatic carbocycles. The molecule has 1 fully saturated rings. The normalized spacial score (nSPS) is 16.3. The van der Waals surface area contributed by atoms with E-state index < -0.39 is 40.7 Å². The molecular formula is C28H32F3N3O5. The van der Waals surface area contributed by atoms with Gasteiger partial charge in [-0.2, -0.15) is 0 Å². The Morgan fingerprint density at radius 1 is 1.18 bits per heavy atom. The molecule has 0 bridgehead atoms. The molecule has 1 aromatic heterocycles. The van der Waals surface area contributed by atoms with Gasteiger partial charge in [0, 0.05) is 36.8 Å². The third-order valence-electron chi connectivity index (χ3n) is 7.53. The predicted octanol–water partition coefficient (Wildman–Crippen LogP) is 4.18. The summed E-state index contributed by atoms with van der Waals surface area (Å²) in [6.07, 6.45) is 1.81. The summed E-state index contributed by atoms with van der Waals surface area (Å²) in [5.74, 6) is -4.22. The second-order valence-electron chi connectivity index (χ2n) is 9.81. The van der Waals surface area contributed by atoms with Crippen molar-refractivity contribution in [1.82, 2.24) is 9.88 Å². The van der Waals surface area contributed by atoms with E-state index in [0.29, 0.717) is 72.4 Å². The number of rotatable bonds is 11. The zero-order valence-electron chi connectivity index (χ0n) is 21.6. The highest BCUT2D eigenvalue weighted by Gasteiger charge is 2.41. The van der Waals surface area contributed by atoms with Gasteiger partial charge in [0.1, 0.15) is 18.2 Å². The summed E-state index contributed by atoms with van der Waals surface area (Å²) in [6, 6.07) is 6.46. The number of pyridine rings is 1. The van der Waals surface area contributed by atoms with Crippen molar-refractivity contribution >= 4 is 16.9 Å². The van der Waals surface area contributed by atoms with Crippen LogP contribution in [0, 0.1) is 22.9 Å². The maximum atomic E-state index is 13.8. The summed E-state index contributed by atoms with van der Waals surface area (Å²) in [6.45, 7) is 1.31. The molecule has 4 N–H and O–H groups in total. The number of benzene rings is 2. The molecule has 0 amide bonds. The van der Waals surface area contributed by atoms with Gasteiger partial charge in [0.05, 0.1) is 24.1 Å². The van der Waals surface area contributed by atoms with E-state index in [1.807, 2.05) is 4.90 Å². The lowest BCUT2D eigenvalue weighted by Crippen LogP contribution is -2.45. The fraction of sp³-hybridized carbons (Fsp3) is 0.429. The fourth-order valence-electron chi connectivity index (χ4n) is 5.19.